The summed E-state index contributed by atoms with van der Waals surface area (Å²) in [4.78, 5) is 61.0. The van der Waals surface area contributed by atoms with E-state index in [1.165, 1.54) is 0 Å². The summed E-state index contributed by atoms with van der Waals surface area (Å²) in [7, 11) is 0. The van der Waals surface area contributed by atoms with Crippen LogP contribution in [0.1, 0.15) is 78.6 Å². The van der Waals surface area contributed by atoms with E-state index in [0.717, 1.165) is 19.3 Å². The van der Waals surface area contributed by atoms with Gasteiger partial charge in [-0.1, -0.05) is 20.8 Å². The first kappa shape index (κ1) is 41.6. The Morgan fingerprint density at radius 3 is 0.733 bits per heavy atom. The molecule has 0 heterocycles. The minimum Gasteiger partial charge on any atom is -0.481 e. The SMILES string of the molecule is CCCC(=O)CC(=O)O.CCCC(=O)CC(=O)O.CCCC(=O)CC(=O)O.N.N.N. The number of Topliss-reactive ketones (excluding diaryl/α,β-unsaturated/α-hetero) is 3. The molecule has 180 valence electrons. The predicted molar refractivity (Wildman–Crippen MR) is 112 cm³/mol. The lowest BCUT2D eigenvalue weighted by molar-refractivity contribution is -0.141. The monoisotopic (exact) mass is 441 g/mol. The summed E-state index contributed by atoms with van der Waals surface area (Å²) in [6.45, 7) is 5.54. The molecule has 0 saturated carbocycles. The van der Waals surface area contributed by atoms with Gasteiger partial charge in [-0.25, -0.2) is 0 Å². The first-order valence-corrected chi connectivity index (χ1v) is 8.70. The molecule has 0 fully saturated rings. The second-order valence-corrected chi connectivity index (χ2v) is 5.58. The average Bonchev–Trinajstić information content (AvgIpc) is 2.46. The fourth-order valence-electron chi connectivity index (χ4n) is 1.61. The van der Waals surface area contributed by atoms with Crippen LogP contribution in [0.4, 0.5) is 0 Å². The average molecular weight is 442 g/mol. The standard InChI is InChI=1S/3C6H10O3.3H3N/c3*1-2-3-5(7)4-6(8)9;;;/h3*2-4H2,1H3,(H,8,9);3*1H3. The van der Waals surface area contributed by atoms with E-state index in [0.29, 0.717) is 19.3 Å². The Labute approximate surface area is 177 Å². The molecule has 0 aliphatic carbocycles. The molecule has 0 aliphatic heterocycles. The van der Waals surface area contributed by atoms with Crippen LogP contribution in [0.25, 0.3) is 0 Å². The van der Waals surface area contributed by atoms with Gasteiger partial charge in [-0.2, -0.15) is 0 Å². The third-order valence-corrected chi connectivity index (χ3v) is 2.63. The number of hydrogen-bond acceptors (Lipinski definition) is 9. The van der Waals surface area contributed by atoms with Crippen molar-refractivity contribution in [1.82, 2.24) is 18.5 Å². The van der Waals surface area contributed by atoms with Crippen LogP contribution in [-0.4, -0.2) is 50.6 Å². The lowest BCUT2D eigenvalue weighted by Gasteiger charge is -1.90. The molecule has 0 aromatic heterocycles. The molecule has 0 saturated heterocycles. The fraction of sp³-hybridized carbons (Fsp3) is 0.667. The highest BCUT2D eigenvalue weighted by Gasteiger charge is 2.05. The number of rotatable bonds is 12. The van der Waals surface area contributed by atoms with Gasteiger partial charge in [0, 0.05) is 19.3 Å². The number of carbonyl (C=O) groups is 6. The maximum Gasteiger partial charge on any atom is 0.310 e. The molecule has 0 spiro atoms. The van der Waals surface area contributed by atoms with E-state index >= 15 is 0 Å². The van der Waals surface area contributed by atoms with Crippen molar-refractivity contribution in [3.8, 4) is 0 Å². The van der Waals surface area contributed by atoms with Gasteiger partial charge in [0.05, 0.1) is 0 Å². The van der Waals surface area contributed by atoms with Gasteiger partial charge in [0.25, 0.3) is 0 Å². The zero-order valence-electron chi connectivity index (χ0n) is 18.3. The molecule has 12 N–H and O–H groups in total. The van der Waals surface area contributed by atoms with E-state index in [1.807, 2.05) is 20.8 Å². The van der Waals surface area contributed by atoms with Crippen molar-refractivity contribution in [2.24, 2.45) is 0 Å². The number of carboxylic acid groups (broad SMARTS) is 3. The molecule has 30 heavy (non-hydrogen) atoms. The van der Waals surface area contributed by atoms with Gasteiger partial charge in [-0.05, 0) is 19.3 Å². The molecule has 0 rings (SSSR count). The van der Waals surface area contributed by atoms with Crippen molar-refractivity contribution in [3.05, 3.63) is 0 Å². The van der Waals surface area contributed by atoms with E-state index < -0.39 is 17.9 Å². The van der Waals surface area contributed by atoms with Crippen molar-refractivity contribution >= 4 is 35.3 Å². The molecule has 0 amide bonds. The minimum atomic E-state index is -1.03. The summed E-state index contributed by atoms with van der Waals surface area (Å²) in [6.07, 6.45) is 2.35. The second-order valence-electron chi connectivity index (χ2n) is 5.58. The minimum absolute atomic E-state index is 0. The Morgan fingerprint density at radius 2 is 0.633 bits per heavy atom. The first-order chi connectivity index (χ1) is 12.5. The Balaban J connectivity index is -0.0000000686. The maximum atomic E-state index is 10.5. The Bertz CT molecular complexity index is 438. The number of carboxylic acids is 3. The van der Waals surface area contributed by atoms with E-state index in [2.05, 4.69) is 0 Å². The molecule has 0 radical (unpaired) electrons. The van der Waals surface area contributed by atoms with E-state index in [-0.39, 0.29) is 55.1 Å². The van der Waals surface area contributed by atoms with Crippen LogP contribution in [0.3, 0.4) is 0 Å². The van der Waals surface area contributed by atoms with Crippen LogP contribution in [0.2, 0.25) is 0 Å². The van der Waals surface area contributed by atoms with Crippen molar-refractivity contribution in [1.29, 1.82) is 0 Å². The van der Waals surface area contributed by atoms with Gasteiger partial charge in [0.1, 0.15) is 36.6 Å². The molecule has 0 aromatic rings. The van der Waals surface area contributed by atoms with E-state index in [4.69, 9.17) is 15.3 Å². The zero-order valence-corrected chi connectivity index (χ0v) is 18.3. The van der Waals surface area contributed by atoms with Crippen molar-refractivity contribution < 1.29 is 44.1 Å². The molecule has 0 unspecified atom stereocenters. The van der Waals surface area contributed by atoms with Gasteiger partial charge in [0.2, 0.25) is 0 Å². The lowest BCUT2D eigenvalue weighted by Crippen LogP contribution is -2.05. The number of ketones is 3. The zero-order chi connectivity index (χ0) is 21.8. The second kappa shape index (κ2) is 28.5. The van der Waals surface area contributed by atoms with Crippen LogP contribution in [0.15, 0.2) is 0 Å². The smallest absolute Gasteiger partial charge is 0.310 e. The summed E-state index contributed by atoms with van der Waals surface area (Å²) in [5.41, 5.74) is 0. The van der Waals surface area contributed by atoms with Crippen LogP contribution in [0, 0.1) is 0 Å². The molecule has 0 bridgehead atoms. The van der Waals surface area contributed by atoms with E-state index in [1.54, 1.807) is 0 Å². The van der Waals surface area contributed by atoms with E-state index in [9.17, 15) is 28.8 Å². The number of carbonyl (C=O) groups excluding carboxylic acids is 3. The molecule has 0 aromatic carbocycles. The van der Waals surface area contributed by atoms with Gasteiger partial charge in [-0.15, -0.1) is 0 Å². The number of hydrogen-bond donors (Lipinski definition) is 6. The predicted octanol–water partition coefficient (Wildman–Crippen LogP) is 2.98. The van der Waals surface area contributed by atoms with Crippen molar-refractivity contribution in [2.75, 3.05) is 0 Å². The molecular weight excluding hydrogens is 402 g/mol. The summed E-state index contributed by atoms with van der Waals surface area (Å²) < 4.78 is 0. The van der Waals surface area contributed by atoms with Crippen LogP contribution >= 0.6 is 0 Å². The van der Waals surface area contributed by atoms with Crippen LogP contribution in [-0.2, 0) is 28.8 Å². The molecule has 0 aliphatic rings. The van der Waals surface area contributed by atoms with Crippen LogP contribution in [0.5, 0.6) is 0 Å². The van der Waals surface area contributed by atoms with Gasteiger partial charge in [0.15, 0.2) is 0 Å². The molecular formula is C18H39N3O9. The summed E-state index contributed by atoms with van der Waals surface area (Å²) >= 11 is 0. The molecule has 12 heteroatoms. The largest absolute Gasteiger partial charge is 0.481 e. The lowest BCUT2D eigenvalue weighted by atomic mass is 10.2. The van der Waals surface area contributed by atoms with Crippen molar-refractivity contribution in [3.63, 3.8) is 0 Å². The highest BCUT2D eigenvalue weighted by atomic mass is 16.4. The summed E-state index contributed by atoms with van der Waals surface area (Å²) in [6, 6.07) is 0. The summed E-state index contributed by atoms with van der Waals surface area (Å²) in [5, 5.41) is 24.3. The highest BCUT2D eigenvalue weighted by molar-refractivity contribution is 5.95. The molecule has 0 atom stereocenters. The van der Waals surface area contributed by atoms with Gasteiger partial charge < -0.3 is 33.8 Å². The Hall–Kier alpha value is -2.70. The Kier molecular flexibility index (Phi) is 39.6. The molecule has 12 nitrogen and oxygen atoms in total. The third-order valence-electron chi connectivity index (χ3n) is 2.63. The van der Waals surface area contributed by atoms with Gasteiger partial charge >= 0.3 is 17.9 Å². The Morgan fingerprint density at radius 1 is 0.467 bits per heavy atom. The normalized spacial score (nSPS) is 8.10. The highest BCUT2D eigenvalue weighted by Crippen LogP contribution is 1.94. The first-order valence-electron chi connectivity index (χ1n) is 8.70. The maximum absolute atomic E-state index is 10.5. The topological polar surface area (TPSA) is 268 Å². The summed E-state index contributed by atoms with van der Waals surface area (Å²) in [5.74, 6) is -3.67. The number of aliphatic carboxylic acids is 3. The quantitative estimate of drug-likeness (QED) is 0.238. The van der Waals surface area contributed by atoms with Crippen LogP contribution < -0.4 is 18.5 Å². The van der Waals surface area contributed by atoms with Gasteiger partial charge in [-0.3, -0.25) is 28.8 Å². The van der Waals surface area contributed by atoms with Crippen molar-refractivity contribution in [2.45, 2.75) is 78.6 Å². The third kappa shape index (κ3) is 44.6. The fourth-order valence-corrected chi connectivity index (χ4v) is 1.61.